The Morgan fingerprint density at radius 2 is 2.21 bits per heavy atom. The smallest absolute Gasteiger partial charge is 0.0675 e. The van der Waals surface area contributed by atoms with Gasteiger partial charge in [-0.2, -0.15) is 0 Å². The summed E-state index contributed by atoms with van der Waals surface area (Å²) in [6.45, 7) is 7.98. The molecule has 2 N–H and O–H groups in total. The highest BCUT2D eigenvalue weighted by Gasteiger charge is 2.33. The van der Waals surface area contributed by atoms with Crippen molar-refractivity contribution in [3.63, 3.8) is 0 Å². The average Bonchev–Trinajstić information content (AvgIpc) is 2.42. The molecule has 4 atom stereocenters. The number of likely N-dealkylation sites (tertiary alicyclic amines) is 1. The van der Waals surface area contributed by atoms with Crippen LogP contribution in [0.25, 0.3) is 0 Å². The van der Waals surface area contributed by atoms with Crippen LogP contribution in [0.4, 0.5) is 0 Å². The molecule has 2 heterocycles. The lowest BCUT2D eigenvalue weighted by Crippen LogP contribution is -2.48. The van der Waals surface area contributed by atoms with Crippen molar-refractivity contribution in [3.05, 3.63) is 30.1 Å². The third kappa shape index (κ3) is 3.34. The van der Waals surface area contributed by atoms with Crippen molar-refractivity contribution >= 4 is 0 Å². The second-order valence-electron chi connectivity index (χ2n) is 5.99. The van der Waals surface area contributed by atoms with Gasteiger partial charge in [0.05, 0.1) is 11.7 Å². The summed E-state index contributed by atoms with van der Waals surface area (Å²) < 4.78 is 0. The number of rotatable bonds is 4. The van der Waals surface area contributed by atoms with E-state index in [0.29, 0.717) is 6.04 Å². The van der Waals surface area contributed by atoms with E-state index in [1.54, 1.807) is 0 Å². The maximum Gasteiger partial charge on any atom is 0.0675 e. The van der Waals surface area contributed by atoms with Crippen LogP contribution in [-0.4, -0.2) is 28.5 Å². The Morgan fingerprint density at radius 1 is 1.42 bits per heavy atom. The zero-order valence-corrected chi connectivity index (χ0v) is 12.4. The number of pyridine rings is 1. The number of hydrogen-bond donors (Lipinski definition) is 1. The van der Waals surface area contributed by atoms with Crippen LogP contribution >= 0.6 is 0 Å². The first-order chi connectivity index (χ1) is 9.13. The van der Waals surface area contributed by atoms with Crippen molar-refractivity contribution in [2.24, 2.45) is 11.7 Å². The van der Waals surface area contributed by atoms with E-state index in [9.17, 15) is 0 Å². The molecule has 106 valence electrons. The highest BCUT2D eigenvalue weighted by atomic mass is 15.2. The van der Waals surface area contributed by atoms with Crippen molar-refractivity contribution in [1.29, 1.82) is 0 Å². The van der Waals surface area contributed by atoms with Crippen LogP contribution in [-0.2, 0) is 0 Å². The topological polar surface area (TPSA) is 42.1 Å². The minimum atomic E-state index is 0.158. The Bertz CT molecular complexity index is 379. The first kappa shape index (κ1) is 14.5. The Morgan fingerprint density at radius 3 is 2.79 bits per heavy atom. The molecule has 1 saturated heterocycles. The monoisotopic (exact) mass is 261 g/mol. The van der Waals surface area contributed by atoms with Gasteiger partial charge in [0.15, 0.2) is 0 Å². The average molecular weight is 261 g/mol. The molecule has 1 aromatic heterocycles. The van der Waals surface area contributed by atoms with E-state index in [1.807, 2.05) is 12.3 Å². The van der Waals surface area contributed by atoms with E-state index in [4.69, 9.17) is 5.73 Å². The van der Waals surface area contributed by atoms with Gasteiger partial charge in [0, 0.05) is 18.3 Å². The summed E-state index contributed by atoms with van der Waals surface area (Å²) in [5, 5.41) is 0. The second-order valence-corrected chi connectivity index (χ2v) is 5.99. The number of aromatic nitrogens is 1. The molecule has 0 aromatic carbocycles. The van der Waals surface area contributed by atoms with E-state index in [2.05, 4.69) is 42.8 Å². The van der Waals surface area contributed by atoms with Crippen LogP contribution in [0, 0.1) is 5.92 Å². The number of nitrogens with two attached hydrogens (primary N) is 1. The van der Waals surface area contributed by atoms with Gasteiger partial charge >= 0.3 is 0 Å². The zero-order chi connectivity index (χ0) is 13.8. The van der Waals surface area contributed by atoms with Gasteiger partial charge in [-0.3, -0.25) is 9.88 Å². The molecule has 0 aliphatic carbocycles. The molecule has 19 heavy (non-hydrogen) atoms. The summed E-state index contributed by atoms with van der Waals surface area (Å²) in [6, 6.07) is 7.16. The van der Waals surface area contributed by atoms with Crippen LogP contribution < -0.4 is 5.73 Å². The fraction of sp³-hybridized carbons (Fsp3) is 0.688. The van der Waals surface area contributed by atoms with Gasteiger partial charge < -0.3 is 5.73 Å². The summed E-state index contributed by atoms with van der Waals surface area (Å²) in [5.74, 6) is 0.827. The van der Waals surface area contributed by atoms with Crippen molar-refractivity contribution in [2.45, 2.75) is 58.2 Å². The van der Waals surface area contributed by atoms with Gasteiger partial charge in [-0.05, 0) is 50.8 Å². The minimum absolute atomic E-state index is 0.158. The van der Waals surface area contributed by atoms with Crippen LogP contribution in [0.2, 0.25) is 0 Å². The van der Waals surface area contributed by atoms with Crippen molar-refractivity contribution < 1.29 is 0 Å². The number of nitrogens with zero attached hydrogens (tertiary/aromatic N) is 2. The molecule has 3 heteroatoms. The molecule has 1 aliphatic rings. The Hall–Kier alpha value is -0.930. The Labute approximate surface area is 117 Å². The van der Waals surface area contributed by atoms with E-state index < -0.39 is 0 Å². The van der Waals surface area contributed by atoms with Crippen LogP contribution in [0.5, 0.6) is 0 Å². The molecule has 0 bridgehead atoms. The minimum Gasteiger partial charge on any atom is -0.326 e. The molecule has 3 nitrogen and oxygen atoms in total. The summed E-state index contributed by atoms with van der Waals surface area (Å²) in [4.78, 5) is 7.12. The maximum absolute atomic E-state index is 6.40. The lowest BCUT2D eigenvalue weighted by molar-refractivity contribution is 0.0652. The lowest BCUT2D eigenvalue weighted by Gasteiger charge is -2.43. The highest BCUT2D eigenvalue weighted by Crippen LogP contribution is 2.32. The standard InChI is InChI=1S/C16H27N3/c1-4-14(17)16(15-7-5-6-9-18-15)19-10-8-12(2)11-13(19)3/h5-7,9,12-14,16H,4,8,10-11,17H2,1-3H3. The Balaban J connectivity index is 2.23. The van der Waals surface area contributed by atoms with Crippen molar-refractivity contribution in [1.82, 2.24) is 9.88 Å². The molecule has 1 aromatic rings. The van der Waals surface area contributed by atoms with E-state index in [-0.39, 0.29) is 12.1 Å². The molecule has 0 saturated carbocycles. The predicted octanol–water partition coefficient (Wildman–Crippen LogP) is 2.98. The third-order valence-electron chi connectivity index (χ3n) is 4.41. The molecule has 4 unspecified atom stereocenters. The maximum atomic E-state index is 6.40. The van der Waals surface area contributed by atoms with Gasteiger partial charge in [-0.25, -0.2) is 0 Å². The first-order valence-corrected chi connectivity index (χ1v) is 7.55. The van der Waals surface area contributed by atoms with Crippen molar-refractivity contribution in [3.8, 4) is 0 Å². The van der Waals surface area contributed by atoms with Crippen LogP contribution in [0.3, 0.4) is 0 Å². The quantitative estimate of drug-likeness (QED) is 0.906. The van der Waals surface area contributed by atoms with Gasteiger partial charge in [-0.15, -0.1) is 0 Å². The predicted molar refractivity (Wildman–Crippen MR) is 79.8 cm³/mol. The van der Waals surface area contributed by atoms with E-state index in [0.717, 1.165) is 24.6 Å². The SMILES string of the molecule is CCC(N)C(c1ccccn1)N1CCC(C)CC1C. The summed E-state index contributed by atoms with van der Waals surface area (Å²) in [6.07, 6.45) is 5.39. The first-order valence-electron chi connectivity index (χ1n) is 7.55. The van der Waals surface area contributed by atoms with Gasteiger partial charge in [0.1, 0.15) is 0 Å². The Kier molecular flexibility index (Phi) is 4.94. The highest BCUT2D eigenvalue weighted by molar-refractivity contribution is 5.12. The van der Waals surface area contributed by atoms with Gasteiger partial charge in [-0.1, -0.05) is 19.9 Å². The molecule has 0 radical (unpaired) electrons. The van der Waals surface area contributed by atoms with Gasteiger partial charge in [0.2, 0.25) is 0 Å². The van der Waals surface area contributed by atoms with Crippen LogP contribution in [0.1, 0.15) is 51.8 Å². The molecular weight excluding hydrogens is 234 g/mol. The summed E-state index contributed by atoms with van der Waals surface area (Å²) in [5.41, 5.74) is 7.52. The van der Waals surface area contributed by atoms with E-state index >= 15 is 0 Å². The van der Waals surface area contributed by atoms with E-state index in [1.165, 1.54) is 12.8 Å². The normalized spacial score (nSPS) is 28.0. The fourth-order valence-electron chi connectivity index (χ4n) is 3.25. The fourth-order valence-corrected chi connectivity index (χ4v) is 3.25. The zero-order valence-electron chi connectivity index (χ0n) is 12.4. The molecule has 2 rings (SSSR count). The summed E-state index contributed by atoms with van der Waals surface area (Å²) >= 11 is 0. The number of piperidine rings is 1. The molecule has 1 aliphatic heterocycles. The second kappa shape index (κ2) is 6.49. The number of hydrogen-bond acceptors (Lipinski definition) is 3. The van der Waals surface area contributed by atoms with Crippen molar-refractivity contribution in [2.75, 3.05) is 6.54 Å². The molecule has 1 fully saturated rings. The largest absolute Gasteiger partial charge is 0.326 e. The van der Waals surface area contributed by atoms with Crippen LogP contribution in [0.15, 0.2) is 24.4 Å². The molecule has 0 spiro atoms. The van der Waals surface area contributed by atoms with Gasteiger partial charge in [0.25, 0.3) is 0 Å². The third-order valence-corrected chi connectivity index (χ3v) is 4.41. The molecular formula is C16H27N3. The molecule has 0 amide bonds. The lowest BCUT2D eigenvalue weighted by atomic mass is 9.89. The summed E-state index contributed by atoms with van der Waals surface area (Å²) in [7, 11) is 0.